The second-order valence-electron chi connectivity index (χ2n) is 3.62. The summed E-state index contributed by atoms with van der Waals surface area (Å²) in [5.41, 5.74) is 1.78. The fourth-order valence-electron chi connectivity index (χ4n) is 1.64. The molecule has 3 nitrogen and oxygen atoms in total. The molecule has 2 rings (SSSR count). The number of aliphatic imine (C=N–C) groups is 1. The van der Waals surface area contributed by atoms with Crippen LogP contribution in [0.15, 0.2) is 29.3 Å². The van der Waals surface area contributed by atoms with Gasteiger partial charge in [-0.15, -0.1) is 0 Å². The summed E-state index contributed by atoms with van der Waals surface area (Å²) in [6.07, 6.45) is 0.991. The molecule has 0 saturated heterocycles. The van der Waals surface area contributed by atoms with Crippen molar-refractivity contribution in [2.24, 2.45) is 4.99 Å². The molecule has 0 spiro atoms. The molecule has 1 aromatic rings. The van der Waals surface area contributed by atoms with Crippen LogP contribution in [-0.2, 0) is 11.3 Å². The third-order valence-corrected chi connectivity index (χ3v) is 2.60. The first-order chi connectivity index (χ1) is 7.35. The van der Waals surface area contributed by atoms with E-state index in [1.54, 1.807) is 0 Å². The minimum absolute atomic E-state index is 0.0232. The molecule has 1 aliphatic heterocycles. The molecular weight excluding hydrogens is 190 g/mol. The highest BCUT2D eigenvalue weighted by molar-refractivity contribution is 5.96. The molecule has 0 aliphatic carbocycles. The van der Waals surface area contributed by atoms with E-state index >= 15 is 0 Å². The average molecular weight is 205 g/mol. The van der Waals surface area contributed by atoms with Crippen LogP contribution in [0.4, 0.5) is 0 Å². The fourth-order valence-corrected chi connectivity index (χ4v) is 1.64. The average Bonchev–Trinajstić information content (AvgIpc) is 2.77. The van der Waals surface area contributed by atoms with Crippen LogP contribution in [0.1, 0.15) is 24.5 Å². The van der Waals surface area contributed by atoms with E-state index in [1.807, 2.05) is 24.3 Å². The molecule has 0 aromatic heterocycles. The molecule has 1 atom stereocenters. The van der Waals surface area contributed by atoms with Crippen molar-refractivity contribution in [3.05, 3.63) is 35.4 Å². The maximum Gasteiger partial charge on any atom is 0.216 e. The second-order valence-corrected chi connectivity index (χ2v) is 3.62. The number of hydrogen-bond donors (Lipinski definition) is 1. The SMILES string of the molecule is CCC1COC(c2ccccc2CO)=N1. The monoisotopic (exact) mass is 205 g/mol. The molecule has 1 unspecified atom stereocenters. The van der Waals surface area contributed by atoms with E-state index in [9.17, 15) is 5.11 Å². The Morgan fingerprint density at radius 3 is 2.93 bits per heavy atom. The van der Waals surface area contributed by atoms with Crippen molar-refractivity contribution in [2.45, 2.75) is 26.0 Å². The highest BCUT2D eigenvalue weighted by atomic mass is 16.5. The minimum atomic E-state index is 0.0232. The van der Waals surface area contributed by atoms with Gasteiger partial charge in [0.25, 0.3) is 0 Å². The van der Waals surface area contributed by atoms with Gasteiger partial charge in [-0.1, -0.05) is 25.1 Å². The van der Waals surface area contributed by atoms with Crippen molar-refractivity contribution < 1.29 is 9.84 Å². The lowest BCUT2D eigenvalue weighted by atomic mass is 10.1. The normalized spacial score (nSPS) is 19.9. The number of rotatable bonds is 3. The van der Waals surface area contributed by atoms with Gasteiger partial charge < -0.3 is 9.84 Å². The number of hydrogen-bond acceptors (Lipinski definition) is 3. The molecule has 80 valence electrons. The van der Waals surface area contributed by atoms with Crippen LogP contribution >= 0.6 is 0 Å². The van der Waals surface area contributed by atoms with Crippen LogP contribution in [0.3, 0.4) is 0 Å². The summed E-state index contributed by atoms with van der Waals surface area (Å²) in [5, 5.41) is 9.19. The Labute approximate surface area is 89.4 Å². The van der Waals surface area contributed by atoms with Crippen molar-refractivity contribution in [3.8, 4) is 0 Å². The van der Waals surface area contributed by atoms with E-state index < -0.39 is 0 Å². The number of ether oxygens (including phenoxy) is 1. The van der Waals surface area contributed by atoms with Gasteiger partial charge in [0.1, 0.15) is 6.61 Å². The maximum absolute atomic E-state index is 9.19. The molecule has 0 radical (unpaired) electrons. The minimum Gasteiger partial charge on any atom is -0.475 e. The zero-order chi connectivity index (χ0) is 10.7. The van der Waals surface area contributed by atoms with Crippen LogP contribution in [0.5, 0.6) is 0 Å². The van der Waals surface area contributed by atoms with Gasteiger partial charge in [0.2, 0.25) is 5.90 Å². The summed E-state index contributed by atoms with van der Waals surface area (Å²) in [6.45, 7) is 2.78. The molecule has 0 saturated carbocycles. The predicted molar refractivity (Wildman–Crippen MR) is 58.9 cm³/mol. The number of nitrogens with zero attached hydrogens (tertiary/aromatic N) is 1. The Balaban J connectivity index is 2.30. The lowest BCUT2D eigenvalue weighted by molar-refractivity contribution is 0.280. The smallest absolute Gasteiger partial charge is 0.216 e. The van der Waals surface area contributed by atoms with E-state index in [0.29, 0.717) is 12.5 Å². The van der Waals surface area contributed by atoms with Crippen molar-refractivity contribution in [3.63, 3.8) is 0 Å². The highest BCUT2D eigenvalue weighted by Gasteiger charge is 2.19. The standard InChI is InChI=1S/C12H15NO2/c1-2-10-8-15-12(13-10)11-6-4-3-5-9(11)7-14/h3-6,10,14H,2,7-8H2,1H3. The predicted octanol–water partition coefficient (Wildman–Crippen LogP) is 1.73. The number of benzene rings is 1. The van der Waals surface area contributed by atoms with Gasteiger partial charge in [0, 0.05) is 5.56 Å². The van der Waals surface area contributed by atoms with Gasteiger partial charge >= 0.3 is 0 Å². The van der Waals surface area contributed by atoms with E-state index in [2.05, 4.69) is 11.9 Å². The first kappa shape index (κ1) is 10.2. The van der Waals surface area contributed by atoms with Crippen LogP contribution in [0, 0.1) is 0 Å². The van der Waals surface area contributed by atoms with E-state index in [-0.39, 0.29) is 12.6 Å². The summed E-state index contributed by atoms with van der Waals surface area (Å²) in [4.78, 5) is 4.47. The summed E-state index contributed by atoms with van der Waals surface area (Å²) in [5.74, 6) is 0.673. The maximum atomic E-state index is 9.19. The summed E-state index contributed by atoms with van der Waals surface area (Å²) >= 11 is 0. The van der Waals surface area contributed by atoms with Crippen molar-refractivity contribution in [2.75, 3.05) is 6.61 Å². The van der Waals surface area contributed by atoms with Gasteiger partial charge in [-0.25, -0.2) is 4.99 Å². The van der Waals surface area contributed by atoms with Gasteiger partial charge in [0.15, 0.2) is 0 Å². The second kappa shape index (κ2) is 4.45. The van der Waals surface area contributed by atoms with Gasteiger partial charge in [-0.3, -0.25) is 0 Å². The topological polar surface area (TPSA) is 41.8 Å². The van der Waals surface area contributed by atoms with Crippen molar-refractivity contribution >= 4 is 5.90 Å². The van der Waals surface area contributed by atoms with E-state index in [0.717, 1.165) is 17.5 Å². The Bertz CT molecular complexity index is 374. The molecule has 1 aromatic carbocycles. The Morgan fingerprint density at radius 1 is 1.47 bits per heavy atom. The largest absolute Gasteiger partial charge is 0.475 e. The summed E-state index contributed by atoms with van der Waals surface area (Å²) in [6, 6.07) is 7.93. The van der Waals surface area contributed by atoms with Crippen LogP contribution < -0.4 is 0 Å². The molecule has 1 heterocycles. The van der Waals surface area contributed by atoms with E-state index in [1.165, 1.54) is 0 Å². The quantitative estimate of drug-likeness (QED) is 0.816. The Hall–Kier alpha value is -1.35. The third kappa shape index (κ3) is 2.02. The molecule has 15 heavy (non-hydrogen) atoms. The molecule has 0 fully saturated rings. The molecule has 1 N–H and O–H groups in total. The molecule has 1 aliphatic rings. The molecule has 0 bridgehead atoms. The first-order valence-corrected chi connectivity index (χ1v) is 5.25. The van der Waals surface area contributed by atoms with Gasteiger partial charge in [0.05, 0.1) is 12.6 Å². The lowest BCUT2D eigenvalue weighted by Gasteiger charge is -2.05. The third-order valence-electron chi connectivity index (χ3n) is 2.60. The lowest BCUT2D eigenvalue weighted by Crippen LogP contribution is -2.05. The zero-order valence-corrected chi connectivity index (χ0v) is 8.81. The van der Waals surface area contributed by atoms with Gasteiger partial charge in [-0.2, -0.15) is 0 Å². The van der Waals surface area contributed by atoms with Crippen molar-refractivity contribution in [1.82, 2.24) is 0 Å². The Kier molecular flexibility index (Phi) is 3.02. The number of aliphatic hydroxyl groups excluding tert-OH is 1. The van der Waals surface area contributed by atoms with Crippen LogP contribution in [-0.4, -0.2) is 23.7 Å². The molecular formula is C12H15NO2. The van der Waals surface area contributed by atoms with Gasteiger partial charge in [-0.05, 0) is 18.1 Å². The zero-order valence-electron chi connectivity index (χ0n) is 8.81. The van der Waals surface area contributed by atoms with E-state index in [4.69, 9.17) is 4.74 Å². The van der Waals surface area contributed by atoms with Crippen LogP contribution in [0.25, 0.3) is 0 Å². The van der Waals surface area contributed by atoms with Crippen molar-refractivity contribution in [1.29, 1.82) is 0 Å². The van der Waals surface area contributed by atoms with Crippen LogP contribution in [0.2, 0.25) is 0 Å². The molecule has 0 amide bonds. The molecule has 3 heteroatoms. The first-order valence-electron chi connectivity index (χ1n) is 5.25. The summed E-state index contributed by atoms with van der Waals surface area (Å²) < 4.78 is 5.52. The fraction of sp³-hybridized carbons (Fsp3) is 0.417. The number of aliphatic hydroxyl groups is 1. The highest BCUT2D eigenvalue weighted by Crippen LogP contribution is 2.17. The Morgan fingerprint density at radius 2 is 2.27 bits per heavy atom. The summed E-state index contributed by atoms with van der Waals surface area (Å²) in [7, 11) is 0.